The van der Waals surface area contributed by atoms with Gasteiger partial charge in [-0.3, -0.25) is 14.6 Å². The van der Waals surface area contributed by atoms with Crippen LogP contribution in [0.15, 0.2) is 41.1 Å². The Kier molecular flexibility index (Phi) is 11.3. The minimum absolute atomic E-state index is 0.0302. The summed E-state index contributed by atoms with van der Waals surface area (Å²) in [5.41, 5.74) is 0.811. The van der Waals surface area contributed by atoms with E-state index in [0.29, 0.717) is 26.9 Å². The van der Waals surface area contributed by atoms with E-state index in [4.69, 9.17) is 23.2 Å². The van der Waals surface area contributed by atoms with Gasteiger partial charge in [0, 0.05) is 37.4 Å². The van der Waals surface area contributed by atoms with E-state index in [9.17, 15) is 9.59 Å². The van der Waals surface area contributed by atoms with Crippen LogP contribution < -0.4 is 15.6 Å². The molecule has 7 nitrogen and oxygen atoms in total. The summed E-state index contributed by atoms with van der Waals surface area (Å²) in [6.07, 6.45) is 4.98. The lowest BCUT2D eigenvalue weighted by atomic mass is 10.1. The van der Waals surface area contributed by atoms with Gasteiger partial charge in [0.1, 0.15) is 6.54 Å². The molecular weight excluding hydrogens is 481 g/mol. The summed E-state index contributed by atoms with van der Waals surface area (Å²) >= 11 is 15.8. The Morgan fingerprint density at radius 1 is 1.38 bits per heavy atom. The highest BCUT2D eigenvalue weighted by atomic mass is 79.9. The van der Waals surface area contributed by atoms with E-state index in [0.717, 1.165) is 0 Å². The Morgan fingerprint density at radius 2 is 2.07 bits per heavy atom. The highest BCUT2D eigenvalue weighted by molar-refractivity contribution is 9.09. The van der Waals surface area contributed by atoms with Crippen molar-refractivity contribution in [3.05, 3.63) is 46.1 Å². The van der Waals surface area contributed by atoms with Crippen LogP contribution >= 0.6 is 39.1 Å². The fourth-order valence-corrected chi connectivity index (χ4v) is 3.14. The van der Waals surface area contributed by atoms with Gasteiger partial charge in [-0.2, -0.15) is 0 Å². The average molecular weight is 507 g/mol. The van der Waals surface area contributed by atoms with Crippen LogP contribution in [0.3, 0.4) is 0 Å². The summed E-state index contributed by atoms with van der Waals surface area (Å²) in [5, 5.41) is 9.55. The van der Waals surface area contributed by atoms with Crippen molar-refractivity contribution in [2.24, 2.45) is 5.92 Å². The molecule has 10 heteroatoms. The lowest BCUT2D eigenvalue weighted by molar-refractivity contribution is -0.120. The number of amides is 2. The molecule has 0 radical (unpaired) electrons. The average Bonchev–Trinajstić information content (AvgIpc) is 2.68. The lowest BCUT2D eigenvalue weighted by Gasteiger charge is -2.31. The van der Waals surface area contributed by atoms with Crippen LogP contribution in [0, 0.1) is 5.92 Å². The molecule has 0 aliphatic carbocycles. The molecule has 0 unspecified atom stereocenters. The molecule has 0 atom stereocenters. The summed E-state index contributed by atoms with van der Waals surface area (Å²) in [6.45, 7) is 3.96. The highest BCUT2D eigenvalue weighted by Crippen LogP contribution is 2.23. The van der Waals surface area contributed by atoms with Crippen molar-refractivity contribution in [1.29, 1.82) is 0 Å². The molecule has 1 heterocycles. The zero-order chi connectivity index (χ0) is 22.0. The van der Waals surface area contributed by atoms with Gasteiger partial charge in [-0.15, -0.1) is 0 Å². The number of likely N-dealkylation sites (N-methyl/N-ethyl adjacent to an activating group) is 1. The smallest absolute Gasteiger partial charge is 0.248 e. The summed E-state index contributed by atoms with van der Waals surface area (Å²) in [7, 11) is 3.31. The number of hydrogen-bond donors (Lipinski definition) is 2. The fourth-order valence-electron chi connectivity index (χ4n) is 2.27. The molecule has 0 saturated carbocycles. The second kappa shape index (κ2) is 12.8. The molecule has 29 heavy (non-hydrogen) atoms. The molecule has 1 rings (SSSR count). The van der Waals surface area contributed by atoms with Gasteiger partial charge in [-0.1, -0.05) is 59.1 Å². The molecule has 0 spiro atoms. The molecule has 0 aliphatic heterocycles. The molecule has 1 aromatic rings. The number of nitrogens with one attached hydrogen (secondary N) is 2. The van der Waals surface area contributed by atoms with Gasteiger partial charge < -0.3 is 10.6 Å². The molecule has 0 bridgehead atoms. The summed E-state index contributed by atoms with van der Waals surface area (Å²) in [5.74, 6) is 0.0630. The van der Waals surface area contributed by atoms with Crippen molar-refractivity contribution >= 4 is 56.8 Å². The first kappa shape index (κ1) is 25.4. The zero-order valence-electron chi connectivity index (χ0n) is 16.9. The first-order valence-corrected chi connectivity index (χ1v) is 10.8. The molecule has 0 aromatic carbocycles. The lowest BCUT2D eigenvalue weighted by Crippen LogP contribution is -2.47. The number of carbonyl (C=O) groups excluding carboxylic acids is 2. The molecule has 0 saturated heterocycles. The molecule has 160 valence electrons. The predicted molar refractivity (Wildman–Crippen MR) is 122 cm³/mol. The molecule has 0 aliphatic rings. The zero-order valence-corrected chi connectivity index (χ0v) is 20.0. The number of alkyl halides is 1. The minimum atomic E-state index is -0.317. The van der Waals surface area contributed by atoms with E-state index in [-0.39, 0.29) is 30.8 Å². The Labute approximate surface area is 190 Å². The number of aromatic nitrogens is 1. The molecular formula is C19H26BrCl2N5O2. The van der Waals surface area contributed by atoms with E-state index >= 15 is 0 Å². The third-order valence-corrected chi connectivity index (χ3v) is 4.92. The SMILES string of the molecule is CNC(=O)C(=CC(Cl)=CC(C)C)CNC(=O)CN(c1ncccc1Cl)N(C)CBr. The van der Waals surface area contributed by atoms with Crippen LogP contribution in [0.2, 0.25) is 5.02 Å². The standard InChI is InChI=1S/C19H26BrCl2N5O2/c1-13(2)8-15(21)9-14(19(29)23-3)10-25-17(28)11-27(26(4)12-20)18-16(22)6-5-7-24-18/h5-9,13H,10-12H2,1-4H3,(H,23,29)(H,25,28). The van der Waals surface area contributed by atoms with Gasteiger partial charge in [0.15, 0.2) is 5.82 Å². The fraction of sp³-hybridized carbons (Fsp3) is 0.421. The summed E-state index contributed by atoms with van der Waals surface area (Å²) < 4.78 is 0. The van der Waals surface area contributed by atoms with E-state index < -0.39 is 0 Å². The van der Waals surface area contributed by atoms with Gasteiger partial charge in [0.25, 0.3) is 0 Å². The quantitative estimate of drug-likeness (QED) is 0.167. The normalized spacial score (nSPS) is 12.3. The number of hydrogen-bond acceptors (Lipinski definition) is 5. The van der Waals surface area contributed by atoms with Crippen LogP contribution in [-0.4, -0.2) is 54.4 Å². The maximum absolute atomic E-state index is 12.6. The number of halogens is 3. The molecule has 2 amide bonds. The van der Waals surface area contributed by atoms with Gasteiger partial charge in [0.05, 0.1) is 10.5 Å². The Hall–Kier alpha value is -1.61. The van der Waals surface area contributed by atoms with Crippen LogP contribution in [-0.2, 0) is 9.59 Å². The van der Waals surface area contributed by atoms with Gasteiger partial charge >= 0.3 is 0 Å². The first-order valence-electron chi connectivity index (χ1n) is 8.91. The van der Waals surface area contributed by atoms with E-state index in [1.165, 1.54) is 7.05 Å². The van der Waals surface area contributed by atoms with Crippen molar-refractivity contribution in [3.8, 4) is 0 Å². The second-order valence-electron chi connectivity index (χ2n) is 6.46. The topological polar surface area (TPSA) is 77.6 Å². The van der Waals surface area contributed by atoms with Gasteiger partial charge in [-0.05, 0) is 24.1 Å². The molecule has 0 fully saturated rings. The predicted octanol–water partition coefficient (Wildman–Crippen LogP) is 3.31. The Balaban J connectivity index is 2.92. The van der Waals surface area contributed by atoms with Gasteiger partial charge in [0.2, 0.25) is 11.8 Å². The summed E-state index contributed by atoms with van der Waals surface area (Å²) in [6, 6.07) is 3.42. The second-order valence-corrected chi connectivity index (χ2v) is 7.81. The third-order valence-electron chi connectivity index (χ3n) is 3.66. The van der Waals surface area contributed by atoms with Crippen molar-refractivity contribution in [2.75, 3.05) is 37.6 Å². The molecule has 2 N–H and O–H groups in total. The van der Waals surface area contributed by atoms with Crippen LogP contribution in [0.4, 0.5) is 5.82 Å². The minimum Gasteiger partial charge on any atom is -0.355 e. The highest BCUT2D eigenvalue weighted by Gasteiger charge is 2.20. The van der Waals surface area contributed by atoms with Crippen molar-refractivity contribution in [3.63, 3.8) is 0 Å². The maximum atomic E-state index is 12.6. The van der Waals surface area contributed by atoms with Crippen LogP contribution in [0.5, 0.6) is 0 Å². The number of hydrazine groups is 1. The van der Waals surface area contributed by atoms with Crippen LogP contribution in [0.1, 0.15) is 13.8 Å². The molecule has 1 aromatic heterocycles. The maximum Gasteiger partial charge on any atom is 0.248 e. The van der Waals surface area contributed by atoms with Crippen molar-refractivity contribution < 1.29 is 9.59 Å². The number of anilines is 1. The van der Waals surface area contributed by atoms with E-state index in [1.54, 1.807) is 41.5 Å². The third kappa shape index (κ3) is 8.74. The number of rotatable bonds is 10. The first-order chi connectivity index (χ1) is 13.7. The van der Waals surface area contributed by atoms with Crippen molar-refractivity contribution in [2.45, 2.75) is 13.8 Å². The number of allylic oxidation sites excluding steroid dienone is 3. The Morgan fingerprint density at radius 3 is 2.62 bits per heavy atom. The van der Waals surface area contributed by atoms with Crippen LogP contribution in [0.25, 0.3) is 0 Å². The van der Waals surface area contributed by atoms with E-state index in [1.807, 2.05) is 19.9 Å². The number of pyridine rings is 1. The Bertz CT molecular complexity index is 771. The number of nitrogens with zero attached hydrogens (tertiary/aromatic N) is 3. The van der Waals surface area contributed by atoms with Gasteiger partial charge in [-0.25, -0.2) is 9.99 Å². The number of carbonyl (C=O) groups is 2. The van der Waals surface area contributed by atoms with Crippen molar-refractivity contribution in [1.82, 2.24) is 20.6 Å². The van der Waals surface area contributed by atoms with E-state index in [2.05, 4.69) is 31.5 Å². The monoisotopic (exact) mass is 505 g/mol. The summed E-state index contributed by atoms with van der Waals surface area (Å²) in [4.78, 5) is 28.9. The largest absolute Gasteiger partial charge is 0.355 e.